The van der Waals surface area contributed by atoms with E-state index in [4.69, 9.17) is 11.6 Å². The fraction of sp³-hybridized carbons (Fsp3) is 0.760. The zero-order valence-electron chi connectivity index (χ0n) is 63.4. The van der Waals surface area contributed by atoms with Crippen LogP contribution in [0.2, 0.25) is 5.02 Å². The van der Waals surface area contributed by atoms with Crippen molar-refractivity contribution in [2.24, 2.45) is 28.7 Å². The molecule has 2 saturated carbocycles. The number of carbonyl (C=O) groups is 11. The van der Waals surface area contributed by atoms with Crippen LogP contribution in [0.3, 0.4) is 0 Å². The summed E-state index contributed by atoms with van der Waals surface area (Å²) in [4.78, 5) is 185. The van der Waals surface area contributed by atoms with Gasteiger partial charge in [0, 0.05) is 82.1 Å². The van der Waals surface area contributed by atoms with Gasteiger partial charge in [-0.15, -0.1) is 0 Å². The van der Waals surface area contributed by atoms with Gasteiger partial charge >= 0.3 is 6.18 Å². The first-order valence-corrected chi connectivity index (χ1v) is 38.1. The van der Waals surface area contributed by atoms with Crippen molar-refractivity contribution in [3.63, 3.8) is 0 Å². The fourth-order valence-corrected chi connectivity index (χ4v) is 16.6. The van der Waals surface area contributed by atoms with Crippen LogP contribution in [0.15, 0.2) is 23.2 Å². The first kappa shape index (κ1) is 83.2. The van der Waals surface area contributed by atoms with E-state index in [1.54, 1.807) is 25.7 Å². The van der Waals surface area contributed by atoms with Crippen molar-refractivity contribution in [2.75, 3.05) is 82.1 Å². The summed E-state index contributed by atoms with van der Waals surface area (Å²) in [6.07, 6.45) is 4.31. The summed E-state index contributed by atoms with van der Waals surface area (Å²) in [6.45, 7) is 13.0. The van der Waals surface area contributed by atoms with Crippen LogP contribution in [-0.4, -0.2) is 262 Å². The monoisotopic (exact) mass is 1470 g/mol. The third-order valence-corrected chi connectivity index (χ3v) is 23.3. The van der Waals surface area contributed by atoms with E-state index in [1.165, 1.54) is 94.6 Å². The Morgan fingerprint density at radius 2 is 1.26 bits per heavy atom. The lowest BCUT2D eigenvalue weighted by molar-refractivity contribution is -0.220. The maximum Gasteiger partial charge on any atom is 0.417 e. The number of alkyl halides is 3. The van der Waals surface area contributed by atoms with Gasteiger partial charge in [0.1, 0.15) is 59.9 Å². The van der Waals surface area contributed by atoms with Gasteiger partial charge < -0.3 is 59.4 Å². The number of hydrogen-bond acceptors (Lipinski definition) is 13. The zero-order chi connectivity index (χ0) is 76.3. The van der Waals surface area contributed by atoms with Gasteiger partial charge in [-0.3, -0.25) is 57.7 Å². The summed E-state index contributed by atoms with van der Waals surface area (Å²) in [5.41, 5.74) is -2.34. The molecule has 0 aromatic heterocycles. The number of nitrogens with zero attached hydrogens (tertiary/aromatic N) is 11. The highest BCUT2D eigenvalue weighted by molar-refractivity contribution is 6.31. The van der Waals surface area contributed by atoms with E-state index in [0.717, 1.165) is 55.6 Å². The second kappa shape index (κ2) is 36.3. The second-order valence-electron chi connectivity index (χ2n) is 30.9. The highest BCUT2D eigenvalue weighted by Crippen LogP contribution is 2.40. The van der Waals surface area contributed by atoms with E-state index >= 15 is 52.7 Å². The maximum absolute atomic E-state index is 15.7. The summed E-state index contributed by atoms with van der Waals surface area (Å²) < 4.78 is 41.8. The van der Waals surface area contributed by atoms with Gasteiger partial charge in [0.15, 0.2) is 0 Å². The van der Waals surface area contributed by atoms with Gasteiger partial charge in [-0.05, 0) is 131 Å². The van der Waals surface area contributed by atoms with Gasteiger partial charge in [0.25, 0.3) is 0 Å². The standard InChI is InChI=1S/C75H116ClF3N12O12/c1-15-26-54-70(100)91-40-34-56(91)67(97)85(11)58(43-49-27-19-17-20-28-49)66(96)82(8)45-60(92)80-53(33-31-50-30-32-51(52(76)42-50)75(77,78)79)65(95)90-39-25-29-55(90)68(98)88(14)74(35-21-22-36-74)73(103)87(13)63(47(5)6)72(102)86(12)59(69(99)89-37-23-18-24-38-89)44-61(93)83(9)57(41-46(3)4)64(94)81-62(48(7)16-2)71(101)84(54)10/h30,32,42,46-49,53-59,62-63H,15-29,31,33-41,43-45H2,1-14H3,(H,80,92)(H,81,94)/p-1/t48-,53-,54-,55-,56-,57-,58-,59-,62-,63-/m0/s1. The number of amides is 11. The molecular weight excluding hydrogens is 1350 g/mol. The van der Waals surface area contributed by atoms with Crippen molar-refractivity contribution >= 4 is 82.5 Å². The molecule has 10 atom stereocenters. The lowest BCUT2D eigenvalue weighted by Gasteiger charge is -2.46. The van der Waals surface area contributed by atoms with Crippen LogP contribution in [-0.2, 0) is 65.3 Å². The molecule has 6 aliphatic rings. The minimum Gasteiger partial charge on any atom is -0.861 e. The van der Waals surface area contributed by atoms with E-state index < -0.39 is 172 Å². The molecule has 4 aliphatic heterocycles. The van der Waals surface area contributed by atoms with Crippen LogP contribution in [0.1, 0.15) is 201 Å². The highest BCUT2D eigenvalue weighted by atomic mass is 35.5. The Balaban J connectivity index is 1.33. The number of benzene rings is 1. The van der Waals surface area contributed by atoms with Gasteiger partial charge in [0.05, 0.1) is 17.0 Å². The summed E-state index contributed by atoms with van der Waals surface area (Å²) in [6, 6.07) is -7.96. The second-order valence-corrected chi connectivity index (χ2v) is 31.3. The smallest absolute Gasteiger partial charge is 0.417 e. The lowest BCUT2D eigenvalue weighted by Crippen LogP contribution is -2.65. The Kier molecular flexibility index (Phi) is 29.3. The molecule has 7 rings (SSSR count). The van der Waals surface area contributed by atoms with Crippen molar-refractivity contribution in [3.8, 4) is 0 Å². The van der Waals surface area contributed by atoms with Gasteiger partial charge in [-0.2, -0.15) is 13.2 Å². The molecule has 5 fully saturated rings. The Morgan fingerprint density at radius 3 is 1.83 bits per heavy atom. The third-order valence-electron chi connectivity index (χ3n) is 23.0. The number of halogens is 4. The molecule has 1 aromatic rings. The molecule has 0 unspecified atom stereocenters. The number of carbonyl (C=O) groups excluding carboxylic acids is 11. The molecule has 11 amide bonds. The van der Waals surface area contributed by atoms with Crippen LogP contribution < -0.4 is 10.4 Å². The number of aryl methyl sites for hydroxylation is 1. The summed E-state index contributed by atoms with van der Waals surface area (Å²) in [5, 5.41) is 17.0. The molecule has 0 radical (unpaired) electrons. The molecule has 2 aliphatic carbocycles. The number of aliphatic imine (C=N–C) groups is 1. The Morgan fingerprint density at radius 1 is 0.650 bits per heavy atom. The van der Waals surface area contributed by atoms with Gasteiger partial charge in [-0.25, -0.2) is 0 Å². The number of fused-ring (bicyclic) bond motifs is 2. The number of rotatable bonds is 13. The Hall–Kier alpha value is -7.06. The molecule has 4 heterocycles. The van der Waals surface area contributed by atoms with Crippen molar-refractivity contribution in [1.29, 1.82) is 0 Å². The highest BCUT2D eigenvalue weighted by Gasteiger charge is 2.54. The van der Waals surface area contributed by atoms with Gasteiger partial charge in [0.2, 0.25) is 65.0 Å². The molecule has 28 heteroatoms. The SMILES string of the molecule is CCC[C@H]1C(=O)N2CC[C@H]2C(=O)N(C)[C@@H](CC2CCCCC2)C(=O)N(C)CC([O-])=N[C@@H](CCc2ccc(C(F)(F)F)c(Cl)c2)C(=O)N2CCC[C@H]2C(=O)N(C)C2(CCCC2)C(=O)N(C)[C@@H](C(C)C)C(=O)N(C)[C@H](C(=O)N2CCCCC2)CC(=O)N(C)[C@@H](CC(C)C)C(=O)N[C@@H]([C@@H](C)CC)C(=O)N1C. The van der Waals surface area contributed by atoms with E-state index in [0.29, 0.717) is 58.0 Å². The van der Waals surface area contributed by atoms with E-state index in [2.05, 4.69) is 10.3 Å². The number of likely N-dealkylation sites (tertiary alicyclic amines) is 1. The quantitative estimate of drug-likeness (QED) is 0.214. The van der Waals surface area contributed by atoms with Crippen LogP contribution in [0.4, 0.5) is 13.2 Å². The summed E-state index contributed by atoms with van der Waals surface area (Å²) in [7, 11) is 10.2. The summed E-state index contributed by atoms with van der Waals surface area (Å²) in [5.74, 6) is -8.87. The molecule has 576 valence electrons. The number of likely N-dealkylation sites (N-methyl/N-ethyl adjacent to an activating group) is 7. The molecule has 103 heavy (non-hydrogen) atoms. The normalized spacial score (nSPS) is 27.5. The van der Waals surface area contributed by atoms with Crippen molar-refractivity contribution in [1.82, 2.24) is 54.3 Å². The minimum absolute atomic E-state index is 0.0137. The number of piperidine rings is 1. The van der Waals surface area contributed by atoms with Crippen molar-refractivity contribution in [2.45, 2.75) is 262 Å². The van der Waals surface area contributed by atoms with Crippen LogP contribution in [0.25, 0.3) is 0 Å². The first-order chi connectivity index (χ1) is 48.5. The average Bonchev–Trinajstić information content (AvgIpc) is 1.76. The lowest BCUT2D eigenvalue weighted by atomic mass is 9.84. The molecule has 24 nitrogen and oxygen atoms in total. The Bertz CT molecular complexity index is 3250. The Labute approximate surface area is 612 Å². The molecule has 1 spiro atoms. The minimum atomic E-state index is -4.77. The zero-order valence-corrected chi connectivity index (χ0v) is 64.1. The predicted octanol–water partition coefficient (Wildman–Crippen LogP) is 6.80. The molecule has 1 N–H and O–H groups in total. The van der Waals surface area contributed by atoms with E-state index in [-0.39, 0.29) is 88.3 Å². The number of nitrogens with one attached hydrogen (secondary N) is 1. The predicted molar refractivity (Wildman–Crippen MR) is 382 cm³/mol. The largest absolute Gasteiger partial charge is 0.861 e. The third kappa shape index (κ3) is 19.3. The number of hydrogen-bond donors (Lipinski definition) is 1. The first-order valence-electron chi connectivity index (χ1n) is 37.7. The molecular formula is C75H115ClF3N12O12-. The van der Waals surface area contributed by atoms with Crippen LogP contribution in [0.5, 0.6) is 0 Å². The topological polar surface area (TPSA) is 268 Å². The molecule has 1 aromatic carbocycles. The van der Waals surface area contributed by atoms with Crippen molar-refractivity contribution in [3.05, 3.63) is 34.3 Å². The molecule has 0 bridgehead atoms. The summed E-state index contributed by atoms with van der Waals surface area (Å²) >= 11 is 6.18. The fourth-order valence-electron chi connectivity index (χ4n) is 16.3. The molecule has 3 saturated heterocycles. The van der Waals surface area contributed by atoms with E-state index in [9.17, 15) is 18.3 Å². The van der Waals surface area contributed by atoms with Crippen molar-refractivity contribution < 1.29 is 71.0 Å². The average molecular weight is 1470 g/mol. The van der Waals surface area contributed by atoms with Crippen LogP contribution in [0, 0.1) is 23.7 Å². The van der Waals surface area contributed by atoms with Crippen LogP contribution >= 0.6 is 11.6 Å². The maximum atomic E-state index is 15.7. The van der Waals surface area contributed by atoms with Gasteiger partial charge in [-0.1, -0.05) is 124 Å². The van der Waals surface area contributed by atoms with E-state index in [1.807, 2.05) is 27.7 Å².